The second-order valence-electron chi connectivity index (χ2n) is 4.63. The van der Waals surface area contributed by atoms with Crippen LogP contribution in [0.1, 0.15) is 29.9 Å². The van der Waals surface area contributed by atoms with Gasteiger partial charge in [0.15, 0.2) is 0 Å². The Kier molecular flexibility index (Phi) is 5.37. The zero-order valence-electron chi connectivity index (χ0n) is 11.5. The van der Waals surface area contributed by atoms with Gasteiger partial charge in [0.05, 0.1) is 21.9 Å². The molecule has 0 spiro atoms. The van der Waals surface area contributed by atoms with Gasteiger partial charge in [-0.25, -0.2) is 0 Å². The molecule has 0 bridgehead atoms. The Morgan fingerprint density at radius 3 is 2.60 bits per heavy atom. The molecule has 4 nitrogen and oxygen atoms in total. The van der Waals surface area contributed by atoms with Crippen LogP contribution in [0.2, 0.25) is 0 Å². The molecule has 0 saturated carbocycles. The minimum Gasteiger partial charge on any atom is -0.271 e. The normalized spacial score (nSPS) is 12.7. The Bertz CT molecular complexity index is 595. The van der Waals surface area contributed by atoms with Gasteiger partial charge in [0, 0.05) is 17.9 Å². The Morgan fingerprint density at radius 1 is 1.35 bits per heavy atom. The predicted molar refractivity (Wildman–Crippen MR) is 88.2 cm³/mol. The molecule has 1 aromatic carbocycles. The molecule has 0 aliphatic heterocycles. The fourth-order valence-corrected chi connectivity index (χ4v) is 3.59. The summed E-state index contributed by atoms with van der Waals surface area (Å²) in [5, 5.41) is 4.52. The lowest BCUT2D eigenvalue weighted by Gasteiger charge is -2.18. The molecule has 0 fully saturated rings. The van der Waals surface area contributed by atoms with Gasteiger partial charge in [0.1, 0.15) is 0 Å². The van der Waals surface area contributed by atoms with Gasteiger partial charge in [0.25, 0.3) is 0 Å². The van der Waals surface area contributed by atoms with Gasteiger partial charge in [-0.3, -0.25) is 16.0 Å². The molecular formula is C14H18Br2N4. The van der Waals surface area contributed by atoms with E-state index in [2.05, 4.69) is 55.4 Å². The van der Waals surface area contributed by atoms with Crippen LogP contribution in [0.3, 0.4) is 0 Å². The maximum absolute atomic E-state index is 5.75. The van der Waals surface area contributed by atoms with Crippen molar-refractivity contribution < 1.29 is 0 Å². The van der Waals surface area contributed by atoms with Crippen LogP contribution in [-0.4, -0.2) is 9.78 Å². The maximum Gasteiger partial charge on any atom is 0.0766 e. The lowest BCUT2D eigenvalue weighted by molar-refractivity contribution is 0.527. The SMILES string of the molecule is CCc1nn(C)c(CC(NN)c2ccccc2Br)c1Br. The van der Waals surface area contributed by atoms with Gasteiger partial charge < -0.3 is 0 Å². The molecule has 0 amide bonds. The van der Waals surface area contributed by atoms with Crippen LogP contribution in [0.25, 0.3) is 0 Å². The van der Waals surface area contributed by atoms with Crippen molar-refractivity contribution in [1.82, 2.24) is 15.2 Å². The highest BCUT2D eigenvalue weighted by molar-refractivity contribution is 9.10. The molecule has 6 heteroatoms. The quantitative estimate of drug-likeness (QED) is 0.597. The summed E-state index contributed by atoms with van der Waals surface area (Å²) in [5.41, 5.74) is 6.25. The van der Waals surface area contributed by atoms with Crippen molar-refractivity contribution in [3.05, 3.63) is 50.2 Å². The number of halogens is 2. The third-order valence-electron chi connectivity index (χ3n) is 3.38. The standard InChI is InChI=1S/C14H18Br2N4/c1-3-11-14(16)13(20(2)19-11)8-12(18-17)9-6-4-5-7-10(9)15/h4-7,12,18H,3,8,17H2,1-2H3. The summed E-state index contributed by atoms with van der Waals surface area (Å²) in [7, 11) is 1.97. The number of aryl methyl sites for hydroxylation is 2. The highest BCUT2D eigenvalue weighted by atomic mass is 79.9. The number of benzene rings is 1. The van der Waals surface area contributed by atoms with E-state index < -0.39 is 0 Å². The number of rotatable bonds is 5. The predicted octanol–water partition coefficient (Wildman–Crippen LogP) is 3.25. The van der Waals surface area contributed by atoms with Crippen LogP contribution in [-0.2, 0) is 19.9 Å². The molecule has 0 radical (unpaired) electrons. The number of nitrogens with two attached hydrogens (primary N) is 1. The van der Waals surface area contributed by atoms with Crippen LogP contribution >= 0.6 is 31.9 Å². The van der Waals surface area contributed by atoms with Gasteiger partial charge >= 0.3 is 0 Å². The fraction of sp³-hybridized carbons (Fsp3) is 0.357. The molecule has 108 valence electrons. The van der Waals surface area contributed by atoms with E-state index in [1.165, 1.54) is 0 Å². The van der Waals surface area contributed by atoms with Crippen LogP contribution in [0.4, 0.5) is 0 Å². The summed E-state index contributed by atoms with van der Waals surface area (Å²) in [6.07, 6.45) is 1.67. The molecule has 0 aliphatic rings. The second kappa shape index (κ2) is 6.85. The molecule has 0 saturated heterocycles. The second-order valence-corrected chi connectivity index (χ2v) is 6.28. The number of hydrogen-bond donors (Lipinski definition) is 2. The zero-order valence-corrected chi connectivity index (χ0v) is 14.7. The third-order valence-corrected chi connectivity index (χ3v) is 5.02. The highest BCUT2D eigenvalue weighted by Crippen LogP contribution is 2.29. The highest BCUT2D eigenvalue weighted by Gasteiger charge is 2.19. The maximum atomic E-state index is 5.75. The molecule has 1 heterocycles. The lowest BCUT2D eigenvalue weighted by Crippen LogP contribution is -2.30. The molecule has 1 atom stereocenters. The Morgan fingerprint density at radius 2 is 2.05 bits per heavy atom. The van der Waals surface area contributed by atoms with Gasteiger partial charge in [0.2, 0.25) is 0 Å². The van der Waals surface area contributed by atoms with Crippen molar-refractivity contribution in [1.29, 1.82) is 0 Å². The largest absolute Gasteiger partial charge is 0.271 e. The third kappa shape index (κ3) is 3.14. The smallest absolute Gasteiger partial charge is 0.0766 e. The first kappa shape index (κ1) is 15.7. The Labute approximate surface area is 136 Å². The summed E-state index contributed by atoms with van der Waals surface area (Å²) in [6, 6.07) is 8.13. The van der Waals surface area contributed by atoms with Gasteiger partial charge in [-0.2, -0.15) is 5.10 Å². The first-order valence-corrected chi connectivity index (χ1v) is 8.07. The van der Waals surface area contributed by atoms with E-state index in [1.807, 2.05) is 29.9 Å². The molecule has 2 rings (SSSR count). The fourth-order valence-electron chi connectivity index (χ4n) is 2.25. The number of nitrogens with zero attached hydrogens (tertiary/aromatic N) is 2. The molecule has 1 aromatic heterocycles. The van der Waals surface area contributed by atoms with E-state index in [0.29, 0.717) is 0 Å². The number of aromatic nitrogens is 2. The van der Waals surface area contributed by atoms with Crippen molar-refractivity contribution in [2.75, 3.05) is 0 Å². The van der Waals surface area contributed by atoms with E-state index in [-0.39, 0.29) is 6.04 Å². The number of nitrogens with one attached hydrogen (secondary N) is 1. The average Bonchev–Trinajstić information content (AvgIpc) is 2.72. The zero-order chi connectivity index (χ0) is 14.7. The lowest BCUT2D eigenvalue weighted by atomic mass is 10.0. The van der Waals surface area contributed by atoms with Crippen molar-refractivity contribution in [3.8, 4) is 0 Å². The van der Waals surface area contributed by atoms with Gasteiger partial charge in [-0.15, -0.1) is 0 Å². The minimum absolute atomic E-state index is 0.0296. The monoisotopic (exact) mass is 400 g/mol. The van der Waals surface area contributed by atoms with Crippen molar-refractivity contribution >= 4 is 31.9 Å². The van der Waals surface area contributed by atoms with Crippen LogP contribution < -0.4 is 11.3 Å². The average molecular weight is 402 g/mol. The molecular weight excluding hydrogens is 384 g/mol. The summed E-state index contributed by atoms with van der Waals surface area (Å²) in [4.78, 5) is 0. The molecule has 0 aliphatic carbocycles. The molecule has 20 heavy (non-hydrogen) atoms. The molecule has 3 N–H and O–H groups in total. The number of hydrogen-bond acceptors (Lipinski definition) is 3. The van der Waals surface area contributed by atoms with Crippen LogP contribution in [0.15, 0.2) is 33.2 Å². The van der Waals surface area contributed by atoms with Crippen LogP contribution in [0.5, 0.6) is 0 Å². The van der Waals surface area contributed by atoms with E-state index in [4.69, 9.17) is 5.84 Å². The van der Waals surface area contributed by atoms with Crippen molar-refractivity contribution in [2.24, 2.45) is 12.9 Å². The summed E-state index contributed by atoms with van der Waals surface area (Å²) >= 11 is 7.22. The number of hydrazine groups is 1. The van der Waals surface area contributed by atoms with E-state index in [1.54, 1.807) is 0 Å². The Balaban J connectivity index is 2.32. The van der Waals surface area contributed by atoms with E-state index >= 15 is 0 Å². The molecule has 2 aromatic rings. The van der Waals surface area contributed by atoms with Gasteiger partial charge in [-0.1, -0.05) is 41.1 Å². The van der Waals surface area contributed by atoms with Gasteiger partial charge in [-0.05, 0) is 34.0 Å². The molecule has 1 unspecified atom stereocenters. The first-order chi connectivity index (χ1) is 9.58. The Hall–Kier alpha value is -0.690. The summed E-state index contributed by atoms with van der Waals surface area (Å²) in [5.74, 6) is 5.75. The summed E-state index contributed by atoms with van der Waals surface area (Å²) in [6.45, 7) is 2.10. The first-order valence-electron chi connectivity index (χ1n) is 6.49. The van der Waals surface area contributed by atoms with Crippen molar-refractivity contribution in [2.45, 2.75) is 25.8 Å². The topological polar surface area (TPSA) is 55.9 Å². The minimum atomic E-state index is 0.0296. The van der Waals surface area contributed by atoms with E-state index in [9.17, 15) is 0 Å². The van der Waals surface area contributed by atoms with Crippen LogP contribution in [0, 0.1) is 0 Å². The van der Waals surface area contributed by atoms with Crippen molar-refractivity contribution in [3.63, 3.8) is 0 Å². The summed E-state index contributed by atoms with van der Waals surface area (Å²) < 4.78 is 4.05. The van der Waals surface area contributed by atoms with E-state index in [0.717, 1.165) is 38.7 Å².